The smallest absolute Gasteiger partial charge is 0.0192 e. The van der Waals surface area contributed by atoms with Crippen LogP contribution in [0, 0.1) is 5.92 Å². The first-order chi connectivity index (χ1) is 7.88. The maximum absolute atomic E-state index is 3.65. The van der Waals surface area contributed by atoms with Gasteiger partial charge in [-0.15, -0.1) is 0 Å². The molecule has 2 fully saturated rings. The summed E-state index contributed by atoms with van der Waals surface area (Å²) in [5.41, 5.74) is 0. The van der Waals surface area contributed by atoms with Crippen molar-refractivity contribution in [2.24, 2.45) is 5.92 Å². The third kappa shape index (κ3) is 3.74. The van der Waals surface area contributed by atoms with E-state index in [4.69, 9.17) is 0 Å². The van der Waals surface area contributed by atoms with Gasteiger partial charge in [0.1, 0.15) is 0 Å². The molecule has 1 atom stereocenters. The van der Waals surface area contributed by atoms with Crippen molar-refractivity contribution in [3.05, 3.63) is 0 Å². The maximum Gasteiger partial charge on any atom is 0.0192 e. The fraction of sp³-hybridized carbons (Fsp3) is 1.00. The van der Waals surface area contributed by atoms with Crippen molar-refractivity contribution in [1.82, 2.24) is 10.2 Å². The van der Waals surface area contributed by atoms with Crippen LogP contribution in [0.5, 0.6) is 0 Å². The predicted octanol–water partition coefficient (Wildman–Crippen LogP) is 2.64. The molecule has 2 nitrogen and oxygen atoms in total. The average Bonchev–Trinajstić information content (AvgIpc) is 2.71. The Balaban J connectivity index is 1.70. The number of rotatable bonds is 4. The van der Waals surface area contributed by atoms with Crippen LogP contribution in [0.15, 0.2) is 0 Å². The molecule has 1 saturated carbocycles. The van der Waals surface area contributed by atoms with Gasteiger partial charge in [0, 0.05) is 12.6 Å². The lowest BCUT2D eigenvalue weighted by Crippen LogP contribution is -2.37. The van der Waals surface area contributed by atoms with Gasteiger partial charge in [0.25, 0.3) is 0 Å². The molecule has 1 saturated heterocycles. The van der Waals surface area contributed by atoms with Gasteiger partial charge in [0.15, 0.2) is 0 Å². The zero-order valence-corrected chi connectivity index (χ0v) is 10.9. The van der Waals surface area contributed by atoms with Gasteiger partial charge >= 0.3 is 0 Å². The molecule has 0 aromatic rings. The molecule has 0 aromatic carbocycles. The molecule has 0 amide bonds. The molecule has 1 aliphatic heterocycles. The summed E-state index contributed by atoms with van der Waals surface area (Å²) in [6, 6.07) is 0.742. The third-order valence-electron chi connectivity index (χ3n) is 4.38. The van der Waals surface area contributed by atoms with Crippen LogP contribution in [0.4, 0.5) is 0 Å². The van der Waals surface area contributed by atoms with E-state index >= 15 is 0 Å². The molecular weight excluding hydrogens is 196 g/mol. The van der Waals surface area contributed by atoms with Gasteiger partial charge in [-0.3, -0.25) is 0 Å². The summed E-state index contributed by atoms with van der Waals surface area (Å²) in [5.74, 6) is 1.05. The SMILES string of the molecule is CCC1CN(CCC2CCCC2)CCCN1. The summed E-state index contributed by atoms with van der Waals surface area (Å²) in [6.45, 7) is 7.47. The second kappa shape index (κ2) is 6.61. The fourth-order valence-electron chi connectivity index (χ4n) is 3.22. The highest BCUT2D eigenvalue weighted by molar-refractivity contribution is 4.77. The maximum atomic E-state index is 3.65. The Kier molecular flexibility index (Phi) is 5.11. The zero-order valence-electron chi connectivity index (χ0n) is 10.9. The van der Waals surface area contributed by atoms with Crippen LogP contribution >= 0.6 is 0 Å². The monoisotopic (exact) mass is 224 g/mol. The first-order valence-corrected chi connectivity index (χ1v) is 7.34. The average molecular weight is 224 g/mol. The van der Waals surface area contributed by atoms with Crippen molar-refractivity contribution in [3.63, 3.8) is 0 Å². The molecule has 2 heteroatoms. The van der Waals surface area contributed by atoms with Crippen molar-refractivity contribution in [3.8, 4) is 0 Å². The van der Waals surface area contributed by atoms with Crippen LogP contribution in [0.2, 0.25) is 0 Å². The quantitative estimate of drug-likeness (QED) is 0.790. The fourth-order valence-corrected chi connectivity index (χ4v) is 3.22. The summed E-state index contributed by atoms with van der Waals surface area (Å²) in [5, 5.41) is 3.65. The molecule has 1 heterocycles. The minimum absolute atomic E-state index is 0.742. The van der Waals surface area contributed by atoms with E-state index < -0.39 is 0 Å². The minimum atomic E-state index is 0.742. The summed E-state index contributed by atoms with van der Waals surface area (Å²) in [7, 11) is 0. The van der Waals surface area contributed by atoms with Gasteiger partial charge in [0.2, 0.25) is 0 Å². The first-order valence-electron chi connectivity index (χ1n) is 7.34. The molecule has 0 aromatic heterocycles. The molecule has 1 aliphatic carbocycles. The Hall–Kier alpha value is -0.0800. The lowest BCUT2D eigenvalue weighted by Gasteiger charge is -2.24. The Bertz CT molecular complexity index is 187. The largest absolute Gasteiger partial charge is 0.313 e. The molecule has 2 rings (SSSR count). The Morgan fingerprint density at radius 3 is 2.75 bits per heavy atom. The van der Waals surface area contributed by atoms with Crippen molar-refractivity contribution in [2.75, 3.05) is 26.2 Å². The number of nitrogens with zero attached hydrogens (tertiary/aromatic N) is 1. The first kappa shape index (κ1) is 12.4. The zero-order chi connectivity index (χ0) is 11.2. The van der Waals surface area contributed by atoms with Gasteiger partial charge in [-0.1, -0.05) is 32.6 Å². The topological polar surface area (TPSA) is 15.3 Å². The normalized spacial score (nSPS) is 29.4. The Labute approximate surface area is 101 Å². The number of hydrogen-bond donors (Lipinski definition) is 1. The van der Waals surface area contributed by atoms with Gasteiger partial charge in [-0.2, -0.15) is 0 Å². The highest BCUT2D eigenvalue weighted by Gasteiger charge is 2.19. The minimum Gasteiger partial charge on any atom is -0.313 e. The van der Waals surface area contributed by atoms with Crippen LogP contribution in [0.25, 0.3) is 0 Å². The van der Waals surface area contributed by atoms with E-state index in [0.717, 1.165) is 12.0 Å². The van der Waals surface area contributed by atoms with E-state index in [9.17, 15) is 0 Å². The number of hydrogen-bond acceptors (Lipinski definition) is 2. The van der Waals surface area contributed by atoms with Crippen LogP contribution in [-0.2, 0) is 0 Å². The lowest BCUT2D eigenvalue weighted by atomic mass is 10.0. The van der Waals surface area contributed by atoms with E-state index in [-0.39, 0.29) is 0 Å². The van der Waals surface area contributed by atoms with Crippen molar-refractivity contribution >= 4 is 0 Å². The van der Waals surface area contributed by atoms with Crippen molar-refractivity contribution in [1.29, 1.82) is 0 Å². The Morgan fingerprint density at radius 2 is 2.00 bits per heavy atom. The van der Waals surface area contributed by atoms with E-state index in [1.807, 2.05) is 0 Å². The van der Waals surface area contributed by atoms with Crippen LogP contribution in [-0.4, -0.2) is 37.1 Å². The Morgan fingerprint density at radius 1 is 1.19 bits per heavy atom. The molecule has 0 spiro atoms. The standard InChI is InChI=1S/C14H28N2/c1-2-14-12-16(10-5-9-15-14)11-8-13-6-3-4-7-13/h13-15H,2-12H2,1H3. The molecule has 0 radical (unpaired) electrons. The second-order valence-corrected chi connectivity index (χ2v) is 5.65. The third-order valence-corrected chi connectivity index (χ3v) is 4.38. The lowest BCUT2D eigenvalue weighted by molar-refractivity contribution is 0.245. The predicted molar refractivity (Wildman–Crippen MR) is 69.7 cm³/mol. The molecule has 1 N–H and O–H groups in total. The second-order valence-electron chi connectivity index (χ2n) is 5.65. The van der Waals surface area contributed by atoms with Gasteiger partial charge in [0.05, 0.1) is 0 Å². The van der Waals surface area contributed by atoms with Crippen molar-refractivity contribution < 1.29 is 0 Å². The van der Waals surface area contributed by atoms with Gasteiger partial charge < -0.3 is 10.2 Å². The van der Waals surface area contributed by atoms with Gasteiger partial charge in [-0.05, 0) is 44.8 Å². The summed E-state index contributed by atoms with van der Waals surface area (Å²) >= 11 is 0. The summed E-state index contributed by atoms with van der Waals surface area (Å²) in [6.07, 6.45) is 10.1. The molecule has 0 bridgehead atoms. The molecule has 2 aliphatic rings. The van der Waals surface area contributed by atoms with Gasteiger partial charge in [-0.25, -0.2) is 0 Å². The van der Waals surface area contributed by atoms with Crippen LogP contribution in [0.3, 0.4) is 0 Å². The van der Waals surface area contributed by atoms with E-state index in [0.29, 0.717) is 0 Å². The molecular formula is C14H28N2. The number of nitrogens with one attached hydrogen (secondary N) is 1. The van der Waals surface area contributed by atoms with Crippen LogP contribution in [0.1, 0.15) is 51.9 Å². The molecule has 1 unspecified atom stereocenters. The summed E-state index contributed by atoms with van der Waals surface area (Å²) < 4.78 is 0. The van der Waals surface area contributed by atoms with Crippen molar-refractivity contribution in [2.45, 2.75) is 57.9 Å². The summed E-state index contributed by atoms with van der Waals surface area (Å²) in [4.78, 5) is 2.70. The highest BCUT2D eigenvalue weighted by Crippen LogP contribution is 2.27. The van der Waals surface area contributed by atoms with E-state index in [1.165, 1.54) is 71.1 Å². The molecule has 94 valence electrons. The van der Waals surface area contributed by atoms with E-state index in [1.54, 1.807) is 0 Å². The van der Waals surface area contributed by atoms with Crippen LogP contribution < -0.4 is 5.32 Å². The molecule has 16 heavy (non-hydrogen) atoms. The highest BCUT2D eigenvalue weighted by atomic mass is 15.2. The van der Waals surface area contributed by atoms with E-state index in [2.05, 4.69) is 17.1 Å².